The molecule has 2 aliphatic heterocycles. The number of likely N-dealkylation sites (tertiary alicyclic amines) is 2. The molecule has 2 aliphatic rings. The van der Waals surface area contributed by atoms with Crippen LogP contribution >= 0.6 is 0 Å². The number of carbonyl (C=O) groups is 1. The molecule has 204 valence electrons. The predicted octanol–water partition coefficient (Wildman–Crippen LogP) is 4.87. The summed E-state index contributed by atoms with van der Waals surface area (Å²) in [7, 11) is 4.09. The molecule has 1 unspecified atom stereocenters. The molecule has 9 heteroatoms. The van der Waals surface area contributed by atoms with Crippen LogP contribution in [-0.2, 0) is 17.5 Å². The van der Waals surface area contributed by atoms with Crippen LogP contribution in [-0.4, -0.2) is 78.5 Å². The zero-order chi connectivity index (χ0) is 26.9. The molecular weight excluding hydrogens is 493 g/mol. The van der Waals surface area contributed by atoms with Crippen molar-refractivity contribution >= 4 is 16.8 Å². The van der Waals surface area contributed by atoms with Crippen molar-refractivity contribution in [2.75, 3.05) is 46.9 Å². The summed E-state index contributed by atoms with van der Waals surface area (Å²) in [4.78, 5) is 23.4. The number of nitrogens with one attached hydrogen (secondary N) is 1. The first kappa shape index (κ1) is 26.6. The Labute approximate surface area is 221 Å². The lowest BCUT2D eigenvalue weighted by Gasteiger charge is -2.38. The summed E-state index contributed by atoms with van der Waals surface area (Å²) >= 11 is 0. The van der Waals surface area contributed by atoms with Crippen LogP contribution in [0.2, 0.25) is 0 Å². The van der Waals surface area contributed by atoms with Crippen LogP contribution in [0.15, 0.2) is 54.7 Å². The van der Waals surface area contributed by atoms with Crippen molar-refractivity contribution < 1.29 is 22.7 Å². The number of halogens is 3. The number of para-hydroxylation sites is 1. The number of H-pyrrole nitrogens is 1. The number of nitrogens with zero attached hydrogens (tertiary/aromatic N) is 3. The largest absolute Gasteiger partial charge is 0.493 e. The van der Waals surface area contributed by atoms with Crippen molar-refractivity contribution in [3.05, 3.63) is 65.9 Å². The van der Waals surface area contributed by atoms with Crippen LogP contribution in [0.1, 0.15) is 24.0 Å². The molecular formula is C29H35F3N4O2. The molecule has 3 heterocycles. The summed E-state index contributed by atoms with van der Waals surface area (Å²) < 4.78 is 45.4. The quantitative estimate of drug-likeness (QED) is 0.476. The van der Waals surface area contributed by atoms with E-state index < -0.39 is 11.7 Å². The number of benzene rings is 2. The molecule has 2 fully saturated rings. The second kappa shape index (κ2) is 11.0. The number of amides is 1. The second-order valence-corrected chi connectivity index (χ2v) is 10.9. The lowest BCUT2D eigenvalue weighted by Crippen LogP contribution is -2.48. The van der Waals surface area contributed by atoms with Gasteiger partial charge in [-0.15, -0.1) is 0 Å². The van der Waals surface area contributed by atoms with Gasteiger partial charge in [-0.2, -0.15) is 13.2 Å². The zero-order valence-corrected chi connectivity index (χ0v) is 21.9. The number of aromatic nitrogens is 1. The highest BCUT2D eigenvalue weighted by Gasteiger charge is 2.37. The first-order valence-electron chi connectivity index (χ1n) is 13.2. The number of alkyl halides is 3. The minimum Gasteiger partial charge on any atom is -0.493 e. The lowest BCUT2D eigenvalue weighted by atomic mass is 9.88. The fourth-order valence-corrected chi connectivity index (χ4v) is 5.83. The lowest BCUT2D eigenvalue weighted by molar-refractivity contribution is -0.138. The molecule has 3 aromatic rings. The summed E-state index contributed by atoms with van der Waals surface area (Å²) in [5.41, 5.74) is 1.51. The average Bonchev–Trinajstić information content (AvgIpc) is 3.55. The van der Waals surface area contributed by atoms with E-state index in [0.717, 1.165) is 42.5 Å². The number of aromatic amines is 1. The second-order valence-electron chi connectivity index (χ2n) is 10.9. The highest BCUT2D eigenvalue weighted by Crippen LogP contribution is 2.33. The van der Waals surface area contributed by atoms with Gasteiger partial charge in [0.1, 0.15) is 5.75 Å². The number of hydrogen-bond donors (Lipinski definition) is 1. The minimum atomic E-state index is -4.42. The van der Waals surface area contributed by atoms with E-state index in [0.29, 0.717) is 32.1 Å². The molecule has 6 nitrogen and oxygen atoms in total. The summed E-state index contributed by atoms with van der Waals surface area (Å²) in [5, 5.41) is 1.16. The van der Waals surface area contributed by atoms with Crippen LogP contribution in [0, 0.1) is 11.8 Å². The zero-order valence-electron chi connectivity index (χ0n) is 21.9. The van der Waals surface area contributed by atoms with Crippen molar-refractivity contribution in [2.24, 2.45) is 11.8 Å². The van der Waals surface area contributed by atoms with Crippen LogP contribution in [0.4, 0.5) is 13.2 Å². The number of likely N-dealkylation sites (N-methyl/N-ethyl adjacent to an activating group) is 1. The van der Waals surface area contributed by atoms with E-state index >= 15 is 0 Å². The molecule has 0 radical (unpaired) electrons. The highest BCUT2D eigenvalue weighted by atomic mass is 19.4. The van der Waals surface area contributed by atoms with Gasteiger partial charge < -0.3 is 19.5 Å². The summed E-state index contributed by atoms with van der Waals surface area (Å²) in [6, 6.07) is 13.5. The maximum absolute atomic E-state index is 13.6. The van der Waals surface area contributed by atoms with Gasteiger partial charge in [0.2, 0.25) is 5.91 Å². The van der Waals surface area contributed by atoms with Crippen LogP contribution in [0.25, 0.3) is 10.9 Å². The maximum atomic E-state index is 13.6. The number of carbonyl (C=O) groups excluding carboxylic acids is 1. The molecule has 0 bridgehead atoms. The molecule has 3 atom stereocenters. The van der Waals surface area contributed by atoms with E-state index in [1.165, 1.54) is 11.6 Å². The van der Waals surface area contributed by atoms with Crippen molar-refractivity contribution in [3.8, 4) is 5.75 Å². The molecule has 1 N–H and O–H groups in total. The van der Waals surface area contributed by atoms with Gasteiger partial charge in [0, 0.05) is 61.8 Å². The number of rotatable bonds is 7. The number of piperidine rings is 1. The normalized spacial score (nSPS) is 22.9. The molecule has 2 aromatic carbocycles. The van der Waals surface area contributed by atoms with E-state index in [4.69, 9.17) is 4.74 Å². The number of hydrogen-bond acceptors (Lipinski definition) is 4. The molecule has 1 amide bonds. The Morgan fingerprint density at radius 3 is 2.68 bits per heavy atom. The summed E-state index contributed by atoms with van der Waals surface area (Å²) in [5.74, 6) is 0.210. The average molecular weight is 529 g/mol. The van der Waals surface area contributed by atoms with Crippen molar-refractivity contribution in [1.82, 2.24) is 19.7 Å². The molecule has 1 aromatic heterocycles. The number of fused-ring (bicyclic) bond motifs is 1. The maximum Gasteiger partial charge on any atom is 0.416 e. The van der Waals surface area contributed by atoms with Crippen LogP contribution in [0.5, 0.6) is 5.75 Å². The Morgan fingerprint density at radius 1 is 1.11 bits per heavy atom. The third-order valence-electron chi connectivity index (χ3n) is 7.88. The third-order valence-corrected chi connectivity index (χ3v) is 7.88. The van der Waals surface area contributed by atoms with Crippen LogP contribution in [0.3, 0.4) is 0 Å². The van der Waals surface area contributed by atoms with Gasteiger partial charge in [-0.25, -0.2) is 0 Å². The van der Waals surface area contributed by atoms with Gasteiger partial charge in [-0.3, -0.25) is 9.69 Å². The summed E-state index contributed by atoms with van der Waals surface area (Å²) in [6.45, 7) is 3.80. The standard InChI is InChI=1S/C29H35F3N4O2/c1-34(2)24-10-11-36(18-24)28(37)21-12-20(19-38-25-7-5-6-23(13-25)29(30,31)32)15-35(16-21)17-22-14-33-27-9-4-3-8-26(22)27/h3-9,13-14,20-21,24,33H,10-12,15-19H2,1-2H3/t20-,21+,24?/m0/s1. The molecule has 0 saturated carbocycles. The van der Waals surface area contributed by atoms with Crippen molar-refractivity contribution in [2.45, 2.75) is 31.6 Å². The fraction of sp³-hybridized carbons (Fsp3) is 0.483. The topological polar surface area (TPSA) is 51.8 Å². The van der Waals surface area contributed by atoms with Crippen molar-refractivity contribution in [1.29, 1.82) is 0 Å². The molecule has 38 heavy (non-hydrogen) atoms. The fourth-order valence-electron chi connectivity index (χ4n) is 5.83. The minimum absolute atomic E-state index is 0.0182. The van der Waals surface area contributed by atoms with E-state index in [2.05, 4.69) is 20.9 Å². The van der Waals surface area contributed by atoms with Gasteiger partial charge in [0.25, 0.3) is 0 Å². The van der Waals surface area contributed by atoms with E-state index in [1.54, 1.807) is 6.07 Å². The first-order chi connectivity index (χ1) is 18.2. The van der Waals surface area contributed by atoms with Gasteiger partial charge >= 0.3 is 6.18 Å². The molecule has 5 rings (SSSR count). The SMILES string of the molecule is CN(C)C1CCN(C(=O)[C@@H]2C[C@H](COc3cccc(C(F)(F)F)c3)CN(Cc3c[nH]c4ccccc34)C2)C1. The molecule has 2 saturated heterocycles. The first-order valence-corrected chi connectivity index (χ1v) is 13.2. The smallest absolute Gasteiger partial charge is 0.416 e. The van der Waals surface area contributed by atoms with Gasteiger partial charge in [0.05, 0.1) is 18.1 Å². The monoisotopic (exact) mass is 528 g/mol. The van der Waals surface area contributed by atoms with Crippen molar-refractivity contribution in [3.63, 3.8) is 0 Å². The number of ether oxygens (including phenoxy) is 1. The summed E-state index contributed by atoms with van der Waals surface area (Å²) in [6.07, 6.45) is -0.775. The van der Waals surface area contributed by atoms with Crippen LogP contribution < -0.4 is 4.74 Å². The molecule has 0 aliphatic carbocycles. The van der Waals surface area contributed by atoms with Gasteiger partial charge in [-0.05, 0) is 56.8 Å². The third kappa shape index (κ3) is 5.99. The Hall–Kier alpha value is -3.04. The van der Waals surface area contributed by atoms with Gasteiger partial charge in [-0.1, -0.05) is 24.3 Å². The predicted molar refractivity (Wildman–Crippen MR) is 141 cm³/mol. The molecule has 0 spiro atoms. The van der Waals surface area contributed by atoms with E-state index in [9.17, 15) is 18.0 Å². The van der Waals surface area contributed by atoms with E-state index in [1.807, 2.05) is 43.4 Å². The Balaban J connectivity index is 1.31. The Kier molecular flexibility index (Phi) is 7.68. The Morgan fingerprint density at radius 2 is 1.92 bits per heavy atom. The Bertz CT molecular complexity index is 1260. The van der Waals surface area contributed by atoms with Gasteiger partial charge in [0.15, 0.2) is 0 Å². The van der Waals surface area contributed by atoms with E-state index in [-0.39, 0.29) is 30.1 Å². The highest BCUT2D eigenvalue weighted by molar-refractivity contribution is 5.83.